The van der Waals surface area contributed by atoms with Gasteiger partial charge in [-0.2, -0.15) is 0 Å². The minimum Gasteiger partial charge on any atom is -0.378 e. The van der Waals surface area contributed by atoms with Gasteiger partial charge in [0, 0.05) is 13.2 Å². The number of hydrogen-bond acceptors (Lipinski definition) is 2. The van der Waals surface area contributed by atoms with Gasteiger partial charge in [-0.05, 0) is 38.5 Å². The first kappa shape index (κ1) is 13.0. The highest BCUT2D eigenvalue weighted by Crippen LogP contribution is 2.22. The Morgan fingerprint density at radius 1 is 0.867 bits per heavy atom. The molecule has 2 heterocycles. The zero-order valence-electron chi connectivity index (χ0n) is 10.3. The third-order valence-electron chi connectivity index (χ3n) is 2.86. The standard InChI is InChI=1S/C10H18O2.C3H8/c1-3-9(11-7-1)5-6-10-4-2-8-12-10;1-3-2/h9-10H,1-8H2;3H2,1-2H3. The van der Waals surface area contributed by atoms with E-state index in [9.17, 15) is 0 Å². The lowest BCUT2D eigenvalue weighted by Crippen LogP contribution is -2.11. The van der Waals surface area contributed by atoms with Gasteiger partial charge in [-0.3, -0.25) is 0 Å². The van der Waals surface area contributed by atoms with Gasteiger partial charge in [-0.25, -0.2) is 0 Å². The molecule has 0 saturated carbocycles. The Balaban J connectivity index is 0.000000337. The Kier molecular flexibility index (Phi) is 7.03. The van der Waals surface area contributed by atoms with Crippen molar-refractivity contribution in [2.24, 2.45) is 0 Å². The second-order valence-corrected chi connectivity index (χ2v) is 4.55. The maximum atomic E-state index is 5.56. The molecule has 2 rings (SSSR count). The molecule has 2 aliphatic rings. The quantitative estimate of drug-likeness (QED) is 0.715. The minimum absolute atomic E-state index is 0.550. The van der Waals surface area contributed by atoms with E-state index in [0.29, 0.717) is 12.2 Å². The fraction of sp³-hybridized carbons (Fsp3) is 1.00. The second-order valence-electron chi connectivity index (χ2n) is 4.55. The van der Waals surface area contributed by atoms with Gasteiger partial charge in [-0.1, -0.05) is 20.3 Å². The van der Waals surface area contributed by atoms with Crippen molar-refractivity contribution < 1.29 is 9.47 Å². The lowest BCUT2D eigenvalue weighted by atomic mass is 10.1. The Morgan fingerprint density at radius 2 is 1.27 bits per heavy atom. The van der Waals surface area contributed by atoms with Crippen LogP contribution in [0.15, 0.2) is 0 Å². The maximum absolute atomic E-state index is 5.56. The molecule has 2 heteroatoms. The molecule has 2 fully saturated rings. The largest absolute Gasteiger partial charge is 0.378 e. The molecule has 90 valence electrons. The third kappa shape index (κ3) is 5.53. The van der Waals surface area contributed by atoms with Gasteiger partial charge in [0.1, 0.15) is 0 Å². The van der Waals surface area contributed by atoms with Crippen LogP contribution in [0.2, 0.25) is 0 Å². The van der Waals surface area contributed by atoms with Crippen molar-refractivity contribution in [1.82, 2.24) is 0 Å². The van der Waals surface area contributed by atoms with Gasteiger partial charge in [0.2, 0.25) is 0 Å². The van der Waals surface area contributed by atoms with Crippen molar-refractivity contribution in [3.05, 3.63) is 0 Å². The van der Waals surface area contributed by atoms with Crippen LogP contribution in [-0.4, -0.2) is 25.4 Å². The summed E-state index contributed by atoms with van der Waals surface area (Å²) in [6.07, 6.45) is 9.84. The average molecular weight is 214 g/mol. The average Bonchev–Trinajstić information content (AvgIpc) is 2.90. The van der Waals surface area contributed by atoms with Crippen LogP contribution >= 0.6 is 0 Å². The molecular weight excluding hydrogens is 188 g/mol. The topological polar surface area (TPSA) is 18.5 Å². The summed E-state index contributed by atoms with van der Waals surface area (Å²) in [7, 11) is 0. The summed E-state index contributed by atoms with van der Waals surface area (Å²) in [5.74, 6) is 0. The molecule has 0 aromatic rings. The maximum Gasteiger partial charge on any atom is 0.0577 e. The van der Waals surface area contributed by atoms with E-state index in [-0.39, 0.29) is 0 Å². The molecular formula is C13H26O2. The van der Waals surface area contributed by atoms with Crippen molar-refractivity contribution in [1.29, 1.82) is 0 Å². The van der Waals surface area contributed by atoms with Gasteiger partial charge in [0.05, 0.1) is 12.2 Å². The van der Waals surface area contributed by atoms with Gasteiger partial charge in [0.15, 0.2) is 0 Å². The minimum atomic E-state index is 0.550. The molecule has 0 aromatic heterocycles. The van der Waals surface area contributed by atoms with Crippen LogP contribution in [0.1, 0.15) is 58.8 Å². The molecule has 0 N–H and O–H groups in total. The Morgan fingerprint density at radius 3 is 1.53 bits per heavy atom. The fourth-order valence-electron chi connectivity index (χ4n) is 2.12. The molecule has 2 saturated heterocycles. The normalized spacial score (nSPS) is 30.0. The molecule has 0 aliphatic carbocycles. The van der Waals surface area contributed by atoms with E-state index in [1.54, 1.807) is 0 Å². The third-order valence-corrected chi connectivity index (χ3v) is 2.86. The van der Waals surface area contributed by atoms with Crippen molar-refractivity contribution in [3.63, 3.8) is 0 Å². The Hall–Kier alpha value is -0.0800. The van der Waals surface area contributed by atoms with Crippen molar-refractivity contribution in [3.8, 4) is 0 Å². The van der Waals surface area contributed by atoms with E-state index in [4.69, 9.17) is 9.47 Å². The number of ether oxygens (including phenoxy) is 2. The number of hydrogen-bond donors (Lipinski definition) is 0. The Bertz CT molecular complexity index is 119. The molecule has 2 atom stereocenters. The zero-order valence-corrected chi connectivity index (χ0v) is 10.3. The summed E-state index contributed by atoms with van der Waals surface area (Å²) in [6, 6.07) is 0. The molecule has 2 unspecified atom stereocenters. The van der Waals surface area contributed by atoms with E-state index in [1.165, 1.54) is 44.9 Å². The van der Waals surface area contributed by atoms with Gasteiger partial charge >= 0.3 is 0 Å². The molecule has 0 amide bonds. The van der Waals surface area contributed by atoms with Crippen LogP contribution in [0.3, 0.4) is 0 Å². The van der Waals surface area contributed by atoms with Crippen LogP contribution in [0.25, 0.3) is 0 Å². The SMILES string of the molecule is C1COC(CCC2CCCO2)C1.CCC. The highest BCUT2D eigenvalue weighted by Gasteiger charge is 2.20. The second kappa shape index (κ2) is 8.12. The van der Waals surface area contributed by atoms with Crippen molar-refractivity contribution in [2.45, 2.75) is 71.0 Å². The smallest absolute Gasteiger partial charge is 0.0577 e. The lowest BCUT2D eigenvalue weighted by molar-refractivity contribution is 0.0654. The monoisotopic (exact) mass is 214 g/mol. The summed E-state index contributed by atoms with van der Waals surface area (Å²) in [4.78, 5) is 0. The molecule has 2 nitrogen and oxygen atoms in total. The summed E-state index contributed by atoms with van der Waals surface area (Å²) < 4.78 is 11.1. The zero-order chi connectivity index (χ0) is 10.9. The summed E-state index contributed by atoms with van der Waals surface area (Å²) in [5, 5.41) is 0. The van der Waals surface area contributed by atoms with Crippen molar-refractivity contribution >= 4 is 0 Å². The van der Waals surface area contributed by atoms with E-state index in [1.807, 2.05) is 0 Å². The molecule has 0 spiro atoms. The molecule has 0 radical (unpaired) electrons. The Labute approximate surface area is 94.3 Å². The molecule has 2 aliphatic heterocycles. The van der Waals surface area contributed by atoms with Crippen molar-refractivity contribution in [2.75, 3.05) is 13.2 Å². The predicted octanol–water partition coefficient (Wildman–Crippen LogP) is 3.54. The first-order valence-electron chi connectivity index (χ1n) is 6.60. The van der Waals surface area contributed by atoms with E-state index in [0.717, 1.165) is 13.2 Å². The van der Waals surface area contributed by atoms with Crippen LogP contribution in [0, 0.1) is 0 Å². The van der Waals surface area contributed by atoms with Crippen LogP contribution in [-0.2, 0) is 9.47 Å². The first-order chi connectivity index (χ1) is 7.36. The van der Waals surface area contributed by atoms with Crippen LogP contribution in [0.5, 0.6) is 0 Å². The predicted molar refractivity (Wildman–Crippen MR) is 63.1 cm³/mol. The molecule has 0 bridgehead atoms. The van der Waals surface area contributed by atoms with E-state index in [2.05, 4.69) is 13.8 Å². The molecule has 0 aromatic carbocycles. The first-order valence-corrected chi connectivity index (χ1v) is 6.60. The summed E-state index contributed by atoms with van der Waals surface area (Å²) >= 11 is 0. The summed E-state index contributed by atoms with van der Waals surface area (Å²) in [5.41, 5.74) is 0. The van der Waals surface area contributed by atoms with Gasteiger partial charge in [-0.15, -0.1) is 0 Å². The lowest BCUT2D eigenvalue weighted by Gasteiger charge is -2.12. The van der Waals surface area contributed by atoms with Crippen LogP contribution < -0.4 is 0 Å². The van der Waals surface area contributed by atoms with Gasteiger partial charge in [0.25, 0.3) is 0 Å². The highest BCUT2D eigenvalue weighted by molar-refractivity contribution is 4.70. The highest BCUT2D eigenvalue weighted by atomic mass is 16.5. The van der Waals surface area contributed by atoms with Gasteiger partial charge < -0.3 is 9.47 Å². The fourth-order valence-corrected chi connectivity index (χ4v) is 2.12. The van der Waals surface area contributed by atoms with Crippen LogP contribution in [0.4, 0.5) is 0 Å². The molecule has 15 heavy (non-hydrogen) atoms. The summed E-state index contributed by atoms with van der Waals surface area (Å²) in [6.45, 7) is 6.21. The van der Waals surface area contributed by atoms with E-state index < -0.39 is 0 Å². The van der Waals surface area contributed by atoms with E-state index >= 15 is 0 Å². The number of rotatable bonds is 3.